The number of benzene rings is 1. The average Bonchev–Trinajstić information content (AvgIpc) is 3.45. The molecule has 3 saturated heterocycles. The third-order valence-corrected chi connectivity index (χ3v) is 8.98. The molecule has 5 rings (SSSR count). The molecular formula is C28H39N3O5. The van der Waals surface area contributed by atoms with Gasteiger partial charge in [-0.05, 0) is 74.8 Å². The summed E-state index contributed by atoms with van der Waals surface area (Å²) in [6, 6.07) is 5.30. The molecule has 0 radical (unpaired) electrons. The van der Waals surface area contributed by atoms with Crippen molar-refractivity contribution in [2.24, 2.45) is 11.7 Å². The third kappa shape index (κ3) is 4.71. The summed E-state index contributed by atoms with van der Waals surface area (Å²) < 4.78 is 11.3. The van der Waals surface area contributed by atoms with Crippen molar-refractivity contribution in [1.82, 2.24) is 9.80 Å². The summed E-state index contributed by atoms with van der Waals surface area (Å²) in [4.78, 5) is 43.8. The molecule has 0 spiro atoms. The fourth-order valence-corrected chi connectivity index (χ4v) is 6.94. The molecule has 4 atom stereocenters. The highest BCUT2D eigenvalue weighted by Crippen LogP contribution is 2.42. The van der Waals surface area contributed by atoms with Crippen molar-refractivity contribution in [3.8, 4) is 0 Å². The zero-order valence-corrected chi connectivity index (χ0v) is 21.5. The van der Waals surface area contributed by atoms with E-state index in [0.29, 0.717) is 18.0 Å². The van der Waals surface area contributed by atoms with Gasteiger partial charge in [0.15, 0.2) is 5.78 Å². The smallest absolute Gasteiger partial charge is 0.249 e. The minimum atomic E-state index is -0.623. The van der Waals surface area contributed by atoms with Crippen molar-refractivity contribution in [3.05, 3.63) is 34.9 Å². The number of hydrogen-bond donors (Lipinski definition) is 1. The van der Waals surface area contributed by atoms with Crippen molar-refractivity contribution in [2.75, 3.05) is 40.4 Å². The van der Waals surface area contributed by atoms with Crippen LogP contribution in [0, 0.1) is 5.92 Å². The number of carbonyl (C=O) groups excluding carboxylic acids is 3. The zero-order chi connectivity index (χ0) is 25.4. The molecule has 0 aromatic heterocycles. The van der Waals surface area contributed by atoms with Gasteiger partial charge in [0.2, 0.25) is 11.8 Å². The maximum absolute atomic E-state index is 14.4. The van der Waals surface area contributed by atoms with Crippen LogP contribution in [0.3, 0.4) is 0 Å². The van der Waals surface area contributed by atoms with Gasteiger partial charge < -0.3 is 25.0 Å². The van der Waals surface area contributed by atoms with Crippen molar-refractivity contribution >= 4 is 17.6 Å². The number of amides is 2. The normalized spacial score (nSPS) is 28.9. The van der Waals surface area contributed by atoms with Crippen LogP contribution in [-0.4, -0.2) is 86.0 Å². The van der Waals surface area contributed by atoms with E-state index in [1.165, 1.54) is 5.56 Å². The molecule has 1 saturated carbocycles. The number of carbonyl (C=O) groups is 3. The Morgan fingerprint density at radius 2 is 1.83 bits per heavy atom. The van der Waals surface area contributed by atoms with E-state index in [1.54, 1.807) is 12.0 Å². The maximum atomic E-state index is 14.4. The number of Topliss-reactive ketones (excluding diaryl/α,β-unsaturated/α-hetero) is 1. The van der Waals surface area contributed by atoms with E-state index in [4.69, 9.17) is 15.2 Å². The number of hydrogen-bond acceptors (Lipinski definition) is 6. The summed E-state index contributed by atoms with van der Waals surface area (Å²) >= 11 is 0. The molecule has 2 amide bonds. The first-order valence-electron chi connectivity index (χ1n) is 13.5. The number of methoxy groups -OCH3 is 1. The Kier molecular flexibility index (Phi) is 7.47. The number of ketones is 1. The standard InChI is InChI=1S/C28H39N3O5/c1-30-12-10-17(11-13-30)19-8-9-20(27(29)33)21(14-19)24(18-6-4-3-5-7-18)28(34)31-15-23(35-2)26-25(31)22(32)16-36-26/h8-9,14,17-18,23-26H,3-7,10-13,15-16H2,1-2H3,(H2,29,33)/t23-,24-,25+,26+/m0/s1. The molecule has 3 aliphatic heterocycles. The van der Waals surface area contributed by atoms with Gasteiger partial charge in [0.1, 0.15) is 24.9 Å². The van der Waals surface area contributed by atoms with Crippen molar-refractivity contribution in [1.29, 1.82) is 0 Å². The fourth-order valence-electron chi connectivity index (χ4n) is 6.94. The first-order valence-corrected chi connectivity index (χ1v) is 13.5. The van der Waals surface area contributed by atoms with Crippen LogP contribution >= 0.6 is 0 Å². The molecule has 0 unspecified atom stereocenters. The van der Waals surface area contributed by atoms with E-state index < -0.39 is 24.0 Å². The Balaban J connectivity index is 1.55. The summed E-state index contributed by atoms with van der Waals surface area (Å²) in [7, 11) is 3.73. The molecule has 1 aromatic carbocycles. The zero-order valence-electron chi connectivity index (χ0n) is 21.5. The van der Waals surface area contributed by atoms with Crippen LogP contribution in [0.25, 0.3) is 0 Å². The average molecular weight is 498 g/mol. The Bertz CT molecular complexity index is 999. The minimum absolute atomic E-state index is 0.00517. The van der Waals surface area contributed by atoms with Crippen molar-refractivity contribution in [2.45, 2.75) is 75.0 Å². The van der Waals surface area contributed by atoms with Gasteiger partial charge in [-0.25, -0.2) is 0 Å². The number of primary amides is 1. The van der Waals surface area contributed by atoms with Gasteiger partial charge in [-0.2, -0.15) is 0 Å². The van der Waals surface area contributed by atoms with Crippen LogP contribution in [0.2, 0.25) is 0 Å². The number of rotatable bonds is 6. The quantitative estimate of drug-likeness (QED) is 0.648. The molecule has 8 heteroatoms. The van der Waals surface area contributed by atoms with E-state index in [0.717, 1.165) is 63.6 Å². The topological polar surface area (TPSA) is 102 Å². The summed E-state index contributed by atoms with van der Waals surface area (Å²) in [5.41, 5.74) is 8.20. The highest BCUT2D eigenvalue weighted by molar-refractivity contribution is 5.99. The van der Waals surface area contributed by atoms with Gasteiger partial charge in [-0.1, -0.05) is 31.4 Å². The highest BCUT2D eigenvalue weighted by atomic mass is 16.5. The first-order chi connectivity index (χ1) is 17.4. The highest BCUT2D eigenvalue weighted by Gasteiger charge is 2.54. The second kappa shape index (κ2) is 10.6. The molecule has 196 valence electrons. The molecule has 4 aliphatic rings. The van der Waals surface area contributed by atoms with Gasteiger partial charge in [0, 0.05) is 12.7 Å². The molecular weight excluding hydrogens is 458 g/mol. The molecule has 1 aromatic rings. The number of ether oxygens (including phenoxy) is 2. The molecule has 2 N–H and O–H groups in total. The second-order valence-electron chi connectivity index (χ2n) is 11.1. The van der Waals surface area contributed by atoms with Crippen LogP contribution in [0.4, 0.5) is 0 Å². The molecule has 8 nitrogen and oxygen atoms in total. The van der Waals surface area contributed by atoms with Crippen LogP contribution < -0.4 is 5.73 Å². The number of nitrogens with two attached hydrogens (primary N) is 1. The van der Waals surface area contributed by atoms with Crippen LogP contribution in [0.15, 0.2) is 18.2 Å². The maximum Gasteiger partial charge on any atom is 0.249 e. The van der Waals surface area contributed by atoms with E-state index in [1.807, 2.05) is 12.1 Å². The van der Waals surface area contributed by atoms with Gasteiger partial charge in [0.05, 0.1) is 12.5 Å². The molecule has 4 fully saturated rings. The lowest BCUT2D eigenvalue weighted by Crippen LogP contribution is -2.46. The lowest BCUT2D eigenvalue weighted by molar-refractivity contribution is -0.139. The van der Waals surface area contributed by atoms with Crippen molar-refractivity contribution < 1.29 is 23.9 Å². The second-order valence-corrected chi connectivity index (χ2v) is 11.1. The summed E-state index contributed by atoms with van der Waals surface area (Å²) in [5.74, 6) is -0.701. The number of fused-ring (bicyclic) bond motifs is 1. The van der Waals surface area contributed by atoms with Crippen LogP contribution in [0.1, 0.15) is 78.3 Å². The van der Waals surface area contributed by atoms with Crippen LogP contribution in [0.5, 0.6) is 0 Å². The van der Waals surface area contributed by atoms with Gasteiger partial charge in [-0.15, -0.1) is 0 Å². The fraction of sp³-hybridized carbons (Fsp3) is 0.679. The molecule has 0 bridgehead atoms. The number of nitrogens with zero attached hydrogens (tertiary/aromatic N) is 2. The van der Waals surface area contributed by atoms with Gasteiger partial charge in [0.25, 0.3) is 0 Å². The number of likely N-dealkylation sites (tertiary alicyclic amines) is 2. The Labute approximate surface area is 213 Å². The summed E-state index contributed by atoms with van der Waals surface area (Å²) in [6.07, 6.45) is 6.45. The van der Waals surface area contributed by atoms with Gasteiger partial charge in [-0.3, -0.25) is 14.4 Å². The largest absolute Gasteiger partial charge is 0.377 e. The number of piperidine rings is 1. The molecule has 36 heavy (non-hydrogen) atoms. The van der Waals surface area contributed by atoms with E-state index in [9.17, 15) is 14.4 Å². The van der Waals surface area contributed by atoms with E-state index in [-0.39, 0.29) is 30.3 Å². The predicted molar refractivity (Wildman–Crippen MR) is 135 cm³/mol. The van der Waals surface area contributed by atoms with Crippen molar-refractivity contribution in [3.63, 3.8) is 0 Å². The van der Waals surface area contributed by atoms with E-state index in [2.05, 4.69) is 18.0 Å². The van der Waals surface area contributed by atoms with Crippen LogP contribution in [-0.2, 0) is 19.1 Å². The minimum Gasteiger partial charge on any atom is -0.377 e. The first kappa shape index (κ1) is 25.4. The SMILES string of the molecule is CO[C@H]1CN(C(=O)[C@H](c2cc(C3CCN(C)CC3)ccc2C(N)=O)C2CCCCC2)[C@@H]2C(=O)CO[C@H]12. The lowest BCUT2D eigenvalue weighted by atomic mass is 9.73. The lowest BCUT2D eigenvalue weighted by Gasteiger charge is -2.35. The summed E-state index contributed by atoms with van der Waals surface area (Å²) in [6.45, 7) is 2.38. The Morgan fingerprint density at radius 1 is 1.11 bits per heavy atom. The monoisotopic (exact) mass is 497 g/mol. The van der Waals surface area contributed by atoms with E-state index >= 15 is 0 Å². The molecule has 3 heterocycles. The Morgan fingerprint density at radius 3 is 2.50 bits per heavy atom. The predicted octanol–water partition coefficient (Wildman–Crippen LogP) is 2.45. The summed E-state index contributed by atoms with van der Waals surface area (Å²) in [5, 5.41) is 0. The van der Waals surface area contributed by atoms with Gasteiger partial charge >= 0.3 is 0 Å². The Hall–Kier alpha value is -2.29. The molecule has 1 aliphatic carbocycles. The third-order valence-electron chi connectivity index (χ3n) is 8.98.